The molecule has 0 heterocycles. The van der Waals surface area contributed by atoms with Crippen LogP contribution in [0.15, 0.2) is 0 Å². The number of carbonyl (C=O) groups excluding carboxylic acids is 1. The van der Waals surface area contributed by atoms with Gasteiger partial charge in [-0.15, -0.1) is 0 Å². The summed E-state index contributed by atoms with van der Waals surface area (Å²) in [5, 5.41) is -0.273. The zero-order chi connectivity index (χ0) is 7.44. The minimum atomic E-state index is -0.327. The average Bonchev–Trinajstić information content (AvgIpc) is 1.63. The molecule has 54 valence electrons. The highest BCUT2D eigenvalue weighted by molar-refractivity contribution is 7.81. The van der Waals surface area contributed by atoms with Gasteiger partial charge in [-0.1, -0.05) is 13.8 Å². The molecule has 0 unspecified atom stereocenters. The molecule has 0 aromatic heterocycles. The Morgan fingerprint density at radius 3 is 2.22 bits per heavy atom. The van der Waals surface area contributed by atoms with Crippen LogP contribution in [-0.4, -0.2) is 11.2 Å². The maximum atomic E-state index is 10.4. The molecule has 0 saturated carbocycles. The fourth-order valence-electron chi connectivity index (χ4n) is 0.563. The van der Waals surface area contributed by atoms with Gasteiger partial charge in [0.15, 0.2) is 0 Å². The lowest BCUT2D eigenvalue weighted by Gasteiger charge is -2.07. The Labute approximate surface area is 61.2 Å². The summed E-state index contributed by atoms with van der Waals surface area (Å²) in [6, 6.07) is 0. The fourth-order valence-corrected chi connectivity index (χ4v) is 0.984. The second kappa shape index (κ2) is 3.77. The van der Waals surface area contributed by atoms with E-state index in [1.807, 2.05) is 13.8 Å². The number of hydrogen-bond donors (Lipinski definition) is 2. The first-order valence-electron chi connectivity index (χ1n) is 3.01. The standard InChI is InChI=1S/C6H13NOS/c1-4(2)3-5(9)6(7)8/h4-5,9H,3H2,1-2H3,(H2,7,8)/t5-/m0/s1. The van der Waals surface area contributed by atoms with Gasteiger partial charge >= 0.3 is 0 Å². The monoisotopic (exact) mass is 147 g/mol. The largest absolute Gasteiger partial charge is 0.369 e. The van der Waals surface area contributed by atoms with Gasteiger partial charge in [0.25, 0.3) is 0 Å². The molecule has 0 bridgehead atoms. The third kappa shape index (κ3) is 4.33. The molecular weight excluding hydrogens is 134 g/mol. The van der Waals surface area contributed by atoms with Crippen molar-refractivity contribution in [3.05, 3.63) is 0 Å². The molecule has 0 aliphatic carbocycles. The Kier molecular flexibility index (Phi) is 3.70. The molecule has 0 saturated heterocycles. The zero-order valence-electron chi connectivity index (χ0n) is 5.79. The summed E-state index contributed by atoms with van der Waals surface area (Å²) in [6.45, 7) is 4.07. The highest BCUT2D eigenvalue weighted by Gasteiger charge is 2.10. The van der Waals surface area contributed by atoms with E-state index >= 15 is 0 Å². The normalized spacial score (nSPS) is 13.8. The Morgan fingerprint density at radius 2 is 2.11 bits per heavy atom. The quantitative estimate of drug-likeness (QED) is 0.570. The Morgan fingerprint density at radius 1 is 1.67 bits per heavy atom. The van der Waals surface area contributed by atoms with Crippen molar-refractivity contribution in [2.45, 2.75) is 25.5 Å². The molecule has 9 heavy (non-hydrogen) atoms. The summed E-state index contributed by atoms with van der Waals surface area (Å²) in [7, 11) is 0. The number of primary amides is 1. The van der Waals surface area contributed by atoms with E-state index in [1.165, 1.54) is 0 Å². The summed E-state index contributed by atoms with van der Waals surface area (Å²) in [5.74, 6) is 0.159. The lowest BCUT2D eigenvalue weighted by Crippen LogP contribution is -2.24. The molecule has 1 amide bonds. The van der Waals surface area contributed by atoms with E-state index in [0.29, 0.717) is 5.92 Å². The molecular formula is C6H13NOS. The number of carbonyl (C=O) groups is 1. The van der Waals surface area contributed by atoms with Gasteiger partial charge in [0, 0.05) is 0 Å². The first-order chi connectivity index (χ1) is 4.04. The Bertz CT molecular complexity index is 103. The van der Waals surface area contributed by atoms with Crippen molar-refractivity contribution in [3.8, 4) is 0 Å². The first kappa shape index (κ1) is 8.82. The molecule has 0 aromatic rings. The van der Waals surface area contributed by atoms with E-state index < -0.39 is 0 Å². The molecule has 0 aliphatic rings. The van der Waals surface area contributed by atoms with Crippen LogP contribution in [0.1, 0.15) is 20.3 Å². The van der Waals surface area contributed by atoms with E-state index in [0.717, 1.165) is 6.42 Å². The summed E-state index contributed by atoms with van der Waals surface area (Å²) >= 11 is 3.99. The number of thiol groups is 1. The van der Waals surface area contributed by atoms with Crippen LogP contribution in [0.5, 0.6) is 0 Å². The Balaban J connectivity index is 3.50. The van der Waals surface area contributed by atoms with Gasteiger partial charge < -0.3 is 5.73 Å². The fraction of sp³-hybridized carbons (Fsp3) is 0.833. The SMILES string of the molecule is CC(C)C[C@H](S)C(N)=O. The third-order valence-corrected chi connectivity index (χ3v) is 1.49. The van der Waals surface area contributed by atoms with Gasteiger partial charge in [0.1, 0.15) is 0 Å². The zero-order valence-corrected chi connectivity index (χ0v) is 6.69. The van der Waals surface area contributed by atoms with Crippen LogP contribution >= 0.6 is 12.6 Å². The summed E-state index contributed by atoms with van der Waals surface area (Å²) < 4.78 is 0. The van der Waals surface area contributed by atoms with Gasteiger partial charge in [-0.2, -0.15) is 12.6 Å². The summed E-state index contributed by atoms with van der Waals surface area (Å²) in [5.41, 5.74) is 4.97. The van der Waals surface area contributed by atoms with Crippen LogP contribution in [0.2, 0.25) is 0 Å². The van der Waals surface area contributed by atoms with Gasteiger partial charge in [-0.25, -0.2) is 0 Å². The number of nitrogens with two attached hydrogens (primary N) is 1. The lowest BCUT2D eigenvalue weighted by molar-refractivity contribution is -0.117. The molecule has 3 heteroatoms. The molecule has 0 aromatic carbocycles. The maximum absolute atomic E-state index is 10.4. The van der Waals surface area contributed by atoms with E-state index in [2.05, 4.69) is 12.6 Å². The minimum absolute atomic E-state index is 0.273. The van der Waals surface area contributed by atoms with Crippen molar-refractivity contribution in [1.82, 2.24) is 0 Å². The second-order valence-corrected chi connectivity index (χ2v) is 3.17. The van der Waals surface area contributed by atoms with Crippen molar-refractivity contribution in [2.75, 3.05) is 0 Å². The van der Waals surface area contributed by atoms with Crippen LogP contribution in [0.25, 0.3) is 0 Å². The van der Waals surface area contributed by atoms with Crippen molar-refractivity contribution in [1.29, 1.82) is 0 Å². The number of rotatable bonds is 3. The van der Waals surface area contributed by atoms with Crippen LogP contribution in [-0.2, 0) is 4.79 Å². The van der Waals surface area contributed by atoms with Crippen LogP contribution in [0.4, 0.5) is 0 Å². The highest BCUT2D eigenvalue weighted by atomic mass is 32.1. The third-order valence-electron chi connectivity index (χ3n) is 1.02. The predicted octanol–water partition coefficient (Wildman–Crippen LogP) is 0.816. The molecule has 0 radical (unpaired) electrons. The van der Waals surface area contributed by atoms with Crippen molar-refractivity contribution < 1.29 is 4.79 Å². The maximum Gasteiger partial charge on any atom is 0.230 e. The molecule has 2 N–H and O–H groups in total. The predicted molar refractivity (Wildman–Crippen MR) is 41.4 cm³/mol. The summed E-state index contributed by atoms with van der Waals surface area (Å²) in [4.78, 5) is 10.4. The van der Waals surface area contributed by atoms with Crippen molar-refractivity contribution in [3.63, 3.8) is 0 Å². The van der Waals surface area contributed by atoms with Gasteiger partial charge in [-0.05, 0) is 12.3 Å². The highest BCUT2D eigenvalue weighted by Crippen LogP contribution is 2.08. The van der Waals surface area contributed by atoms with Gasteiger partial charge in [0.05, 0.1) is 5.25 Å². The van der Waals surface area contributed by atoms with E-state index in [1.54, 1.807) is 0 Å². The smallest absolute Gasteiger partial charge is 0.230 e. The molecule has 0 spiro atoms. The molecule has 1 atom stereocenters. The molecule has 0 rings (SSSR count). The number of hydrogen-bond acceptors (Lipinski definition) is 2. The molecule has 2 nitrogen and oxygen atoms in total. The number of amides is 1. The average molecular weight is 147 g/mol. The van der Waals surface area contributed by atoms with Crippen molar-refractivity contribution >= 4 is 18.5 Å². The van der Waals surface area contributed by atoms with Gasteiger partial charge in [-0.3, -0.25) is 4.79 Å². The van der Waals surface area contributed by atoms with Crippen LogP contribution < -0.4 is 5.73 Å². The minimum Gasteiger partial charge on any atom is -0.369 e. The second-order valence-electron chi connectivity index (χ2n) is 2.55. The van der Waals surface area contributed by atoms with Crippen LogP contribution in [0, 0.1) is 5.92 Å². The van der Waals surface area contributed by atoms with E-state index in [9.17, 15) is 4.79 Å². The molecule has 0 fully saturated rings. The van der Waals surface area contributed by atoms with Crippen LogP contribution in [0.3, 0.4) is 0 Å². The molecule has 0 aliphatic heterocycles. The first-order valence-corrected chi connectivity index (χ1v) is 3.53. The lowest BCUT2D eigenvalue weighted by atomic mass is 10.1. The Hall–Kier alpha value is -0.180. The van der Waals surface area contributed by atoms with E-state index in [-0.39, 0.29) is 11.2 Å². The summed E-state index contributed by atoms with van der Waals surface area (Å²) in [6.07, 6.45) is 0.762. The van der Waals surface area contributed by atoms with Crippen molar-refractivity contribution in [2.24, 2.45) is 11.7 Å². The van der Waals surface area contributed by atoms with Gasteiger partial charge in [0.2, 0.25) is 5.91 Å². The topological polar surface area (TPSA) is 43.1 Å². The van der Waals surface area contributed by atoms with E-state index in [4.69, 9.17) is 5.73 Å².